The molecule has 150 valence electrons. The predicted molar refractivity (Wildman–Crippen MR) is 105 cm³/mol. The van der Waals surface area contributed by atoms with Crippen molar-refractivity contribution in [2.24, 2.45) is 4.36 Å². The normalized spacial score (nSPS) is 19.1. The summed E-state index contributed by atoms with van der Waals surface area (Å²) in [6.45, 7) is 5.80. The van der Waals surface area contributed by atoms with Gasteiger partial charge in [-0.3, -0.25) is 9.67 Å². The number of amides is 2. The molecule has 7 nitrogen and oxygen atoms in total. The Balaban J connectivity index is 1.64. The van der Waals surface area contributed by atoms with Gasteiger partial charge in [0.25, 0.3) is 0 Å². The highest BCUT2D eigenvalue weighted by atomic mass is 32.2. The molecule has 2 aliphatic carbocycles. The molecule has 0 aromatic carbocycles. The van der Waals surface area contributed by atoms with Gasteiger partial charge in [0, 0.05) is 17.4 Å². The number of urea groups is 1. The van der Waals surface area contributed by atoms with Crippen molar-refractivity contribution in [1.82, 2.24) is 14.8 Å². The number of hydrogen-bond acceptors (Lipinski definition) is 4. The van der Waals surface area contributed by atoms with Gasteiger partial charge in [-0.1, -0.05) is 6.92 Å². The van der Waals surface area contributed by atoms with Gasteiger partial charge in [0.2, 0.25) is 0 Å². The van der Waals surface area contributed by atoms with E-state index in [-0.39, 0.29) is 11.1 Å². The van der Waals surface area contributed by atoms with Gasteiger partial charge in [-0.25, -0.2) is 13.4 Å². The molecule has 1 unspecified atom stereocenters. The Hall–Kier alpha value is -2.29. The first-order chi connectivity index (χ1) is 13.3. The highest BCUT2D eigenvalue weighted by Crippen LogP contribution is 2.41. The molecule has 9 heteroatoms. The number of thiol groups is 1. The number of pyridine rings is 1. The summed E-state index contributed by atoms with van der Waals surface area (Å²) >= 11 is 0. The van der Waals surface area contributed by atoms with Crippen LogP contribution in [0.3, 0.4) is 0 Å². The molecule has 2 heterocycles. The summed E-state index contributed by atoms with van der Waals surface area (Å²) in [7, 11) is -2.62. The molecule has 2 aromatic heterocycles. The lowest BCUT2D eigenvalue weighted by Crippen LogP contribution is -2.13. The van der Waals surface area contributed by atoms with Gasteiger partial charge in [-0.05, 0) is 63.0 Å². The Bertz CT molecular complexity index is 1040. The van der Waals surface area contributed by atoms with Crippen molar-refractivity contribution < 1.29 is 13.4 Å². The van der Waals surface area contributed by atoms with E-state index in [1.54, 1.807) is 0 Å². The van der Waals surface area contributed by atoms with E-state index in [9.17, 15) is 13.4 Å². The highest BCUT2D eigenvalue weighted by molar-refractivity contribution is 7.75. The first-order valence-electron chi connectivity index (χ1n) is 9.64. The van der Waals surface area contributed by atoms with E-state index in [1.807, 2.05) is 13.8 Å². The van der Waals surface area contributed by atoms with Crippen LogP contribution >= 0.6 is 0 Å². The van der Waals surface area contributed by atoms with E-state index in [2.05, 4.69) is 21.7 Å². The summed E-state index contributed by atoms with van der Waals surface area (Å²) in [5, 5.41) is 6.50. The van der Waals surface area contributed by atoms with Crippen LogP contribution in [0.5, 0.6) is 0 Å². The molecule has 0 bridgehead atoms. The van der Waals surface area contributed by atoms with Crippen LogP contribution in [-0.4, -0.2) is 25.0 Å². The van der Waals surface area contributed by atoms with E-state index < -0.39 is 22.4 Å². The third-order valence-electron chi connectivity index (χ3n) is 5.44. The molecule has 2 aromatic rings. The maximum atomic E-state index is 14.0. The molecular formula is C19H24FN5O2S. The quantitative estimate of drug-likeness (QED) is 0.761. The standard InChI is InChI=1S/C19H24FN5O2S/c1-10(2)25-9-14(20)18(23-25)28(27)24-19(26)22-17-12-5-4-6-15(12)21-16-11(3)7-8-13(16)17/h9-11,28H,4-8H2,1-3H3,(H,21,22,26)/t11-/m1/s1. The summed E-state index contributed by atoms with van der Waals surface area (Å²) in [6, 6.07) is -0.814. The number of halogens is 1. The predicted octanol–water partition coefficient (Wildman–Crippen LogP) is 3.79. The van der Waals surface area contributed by atoms with Crippen molar-refractivity contribution in [3.05, 3.63) is 34.5 Å². The van der Waals surface area contributed by atoms with E-state index in [4.69, 9.17) is 4.98 Å². The van der Waals surface area contributed by atoms with Gasteiger partial charge in [-0.2, -0.15) is 5.10 Å². The third-order valence-corrected chi connectivity index (χ3v) is 6.47. The van der Waals surface area contributed by atoms with E-state index >= 15 is 0 Å². The number of aryl methyl sites for hydroxylation is 1. The van der Waals surface area contributed by atoms with Gasteiger partial charge >= 0.3 is 6.03 Å². The fraction of sp³-hybridized carbons (Fsp3) is 0.526. The number of rotatable bonds is 3. The SMILES string of the molecule is CC(C)n1cc(F)c(/[SH](=O)=N/C(=O)Nc2c3c(nc4c2CC[C@H]4C)CCC3)n1. The maximum Gasteiger partial charge on any atom is 0.353 e. The number of nitrogens with one attached hydrogen (secondary N) is 1. The van der Waals surface area contributed by atoms with Crippen molar-refractivity contribution >= 4 is 22.3 Å². The lowest BCUT2D eigenvalue weighted by molar-refractivity contribution is 0.260. The molecule has 2 aliphatic rings. The molecule has 0 saturated carbocycles. The maximum absolute atomic E-state index is 14.0. The fourth-order valence-electron chi connectivity index (χ4n) is 3.97. The number of carbonyl (C=O) groups is 1. The molecular weight excluding hydrogens is 381 g/mol. The zero-order valence-electron chi connectivity index (χ0n) is 16.2. The van der Waals surface area contributed by atoms with Gasteiger partial charge in [0.05, 0.1) is 22.5 Å². The van der Waals surface area contributed by atoms with Crippen LogP contribution in [0.4, 0.5) is 14.9 Å². The Morgan fingerprint density at radius 3 is 2.86 bits per heavy atom. The number of fused-ring (bicyclic) bond motifs is 2. The van der Waals surface area contributed by atoms with E-state index in [1.165, 1.54) is 10.9 Å². The molecule has 0 aliphatic heterocycles. The number of hydrogen-bond donors (Lipinski definition) is 2. The van der Waals surface area contributed by atoms with Crippen LogP contribution in [-0.2, 0) is 29.9 Å². The van der Waals surface area contributed by atoms with Crippen LogP contribution in [0.15, 0.2) is 15.6 Å². The Kier molecular flexibility index (Phi) is 4.95. The van der Waals surface area contributed by atoms with Gasteiger partial charge in [0.15, 0.2) is 10.8 Å². The lowest BCUT2D eigenvalue weighted by Gasteiger charge is -2.14. The van der Waals surface area contributed by atoms with Crippen LogP contribution in [0.2, 0.25) is 0 Å². The molecule has 2 atom stereocenters. The highest BCUT2D eigenvalue weighted by Gasteiger charge is 2.29. The summed E-state index contributed by atoms with van der Waals surface area (Å²) < 4.78 is 31.5. The van der Waals surface area contributed by atoms with Crippen LogP contribution < -0.4 is 5.32 Å². The number of anilines is 1. The van der Waals surface area contributed by atoms with Crippen molar-refractivity contribution in [2.75, 3.05) is 5.32 Å². The zero-order chi connectivity index (χ0) is 20.0. The number of aromatic nitrogens is 3. The second-order valence-electron chi connectivity index (χ2n) is 7.75. The van der Waals surface area contributed by atoms with Gasteiger partial charge in [0.1, 0.15) is 0 Å². The third kappa shape index (κ3) is 3.32. The number of carbonyl (C=O) groups excluding carboxylic acids is 1. The van der Waals surface area contributed by atoms with E-state index in [0.29, 0.717) is 5.92 Å². The average molecular weight is 405 g/mol. The molecule has 28 heavy (non-hydrogen) atoms. The second-order valence-corrected chi connectivity index (χ2v) is 8.92. The molecule has 0 spiro atoms. The fourth-order valence-corrected chi connectivity index (χ4v) is 4.70. The largest absolute Gasteiger partial charge is 0.353 e. The summed E-state index contributed by atoms with van der Waals surface area (Å²) in [5.41, 5.74) is 4.97. The van der Waals surface area contributed by atoms with Crippen LogP contribution in [0.1, 0.15) is 68.1 Å². The smallest absolute Gasteiger partial charge is 0.305 e. The first kappa shape index (κ1) is 19.0. The zero-order valence-corrected chi connectivity index (χ0v) is 17.1. The lowest BCUT2D eigenvalue weighted by atomic mass is 10.0. The Morgan fingerprint density at radius 1 is 1.36 bits per heavy atom. The van der Waals surface area contributed by atoms with Crippen molar-refractivity contribution in [3.63, 3.8) is 0 Å². The van der Waals surface area contributed by atoms with Gasteiger partial charge < -0.3 is 5.32 Å². The van der Waals surface area contributed by atoms with Crippen molar-refractivity contribution in [1.29, 1.82) is 0 Å². The van der Waals surface area contributed by atoms with Crippen molar-refractivity contribution in [2.45, 2.75) is 69.9 Å². The molecule has 0 radical (unpaired) electrons. The van der Waals surface area contributed by atoms with E-state index in [0.717, 1.165) is 60.3 Å². The number of nitrogens with zero attached hydrogens (tertiary/aromatic N) is 4. The van der Waals surface area contributed by atoms with Crippen LogP contribution in [0.25, 0.3) is 0 Å². The topological polar surface area (TPSA) is 89.2 Å². The summed E-state index contributed by atoms with van der Waals surface area (Å²) in [5.74, 6) is -0.356. The Labute approximate surface area is 165 Å². The monoisotopic (exact) mass is 405 g/mol. The second kappa shape index (κ2) is 7.27. The minimum atomic E-state index is -2.62. The van der Waals surface area contributed by atoms with Gasteiger partial charge in [-0.15, -0.1) is 4.36 Å². The summed E-state index contributed by atoms with van der Waals surface area (Å²) in [4.78, 5) is 17.3. The average Bonchev–Trinajstić information content (AvgIpc) is 3.34. The summed E-state index contributed by atoms with van der Waals surface area (Å²) in [6.07, 6.45) is 5.79. The molecule has 0 saturated heterocycles. The molecule has 2 amide bonds. The minimum absolute atomic E-state index is 0.0792. The minimum Gasteiger partial charge on any atom is -0.305 e. The van der Waals surface area contributed by atoms with Crippen LogP contribution in [0, 0.1) is 5.82 Å². The Morgan fingerprint density at radius 2 is 2.14 bits per heavy atom. The molecule has 0 fully saturated rings. The molecule has 1 N–H and O–H groups in total. The first-order valence-corrected chi connectivity index (χ1v) is 10.9. The molecule has 4 rings (SSSR count). The van der Waals surface area contributed by atoms with Crippen molar-refractivity contribution in [3.8, 4) is 0 Å².